The second-order valence-corrected chi connectivity index (χ2v) is 5.55. The van der Waals surface area contributed by atoms with E-state index < -0.39 is 5.54 Å². The Hall–Kier alpha value is -1.61. The first-order valence-corrected chi connectivity index (χ1v) is 6.89. The molecule has 1 fully saturated rings. The van der Waals surface area contributed by atoms with Crippen LogP contribution in [0, 0.1) is 17.2 Å². The first kappa shape index (κ1) is 16.4. The van der Waals surface area contributed by atoms with Crippen LogP contribution >= 0.6 is 0 Å². The van der Waals surface area contributed by atoms with Gasteiger partial charge in [-0.05, 0) is 45.7 Å². The Balaban J connectivity index is 2.27. The van der Waals surface area contributed by atoms with Gasteiger partial charge in [-0.3, -0.25) is 14.5 Å². The minimum atomic E-state index is -0.746. The minimum Gasteiger partial charge on any atom is -0.469 e. The highest BCUT2D eigenvalue weighted by Crippen LogP contribution is 2.39. The van der Waals surface area contributed by atoms with Crippen molar-refractivity contribution in [3.8, 4) is 6.07 Å². The molecule has 0 bridgehead atoms. The van der Waals surface area contributed by atoms with Gasteiger partial charge in [0.1, 0.15) is 5.54 Å². The average molecular weight is 281 g/mol. The van der Waals surface area contributed by atoms with E-state index in [1.807, 2.05) is 11.9 Å². The fraction of sp³-hybridized carbons (Fsp3) is 0.786. The lowest BCUT2D eigenvalue weighted by molar-refractivity contribution is -0.140. The van der Waals surface area contributed by atoms with Gasteiger partial charge in [-0.15, -0.1) is 0 Å². The molecule has 0 heterocycles. The Morgan fingerprint density at radius 1 is 1.50 bits per heavy atom. The third kappa shape index (κ3) is 5.17. The van der Waals surface area contributed by atoms with E-state index in [4.69, 9.17) is 0 Å². The van der Waals surface area contributed by atoms with E-state index in [0.717, 1.165) is 12.8 Å². The third-order valence-corrected chi connectivity index (χ3v) is 3.59. The summed E-state index contributed by atoms with van der Waals surface area (Å²) < 4.78 is 4.55. The molecule has 6 nitrogen and oxygen atoms in total. The maximum atomic E-state index is 11.9. The number of nitrogens with zero attached hydrogens (tertiary/aromatic N) is 2. The highest BCUT2D eigenvalue weighted by Gasteiger charge is 2.42. The van der Waals surface area contributed by atoms with Crippen LogP contribution in [-0.4, -0.2) is 49.6 Å². The Morgan fingerprint density at radius 2 is 2.15 bits per heavy atom. The summed E-state index contributed by atoms with van der Waals surface area (Å²) in [6.45, 7) is 2.64. The van der Waals surface area contributed by atoms with E-state index in [1.165, 1.54) is 7.11 Å². The standard InChI is InChI=1S/C14H23N3O3/c1-14(10-15,11-6-7-11)16-12(18)9-17(2)8-4-5-13(19)20-3/h11H,4-9H2,1-3H3,(H,16,18). The summed E-state index contributed by atoms with van der Waals surface area (Å²) in [7, 11) is 3.18. The zero-order chi connectivity index (χ0) is 15.2. The number of hydrogen-bond donors (Lipinski definition) is 1. The van der Waals surface area contributed by atoms with Crippen molar-refractivity contribution in [2.75, 3.05) is 27.2 Å². The van der Waals surface area contributed by atoms with Crippen LogP contribution in [-0.2, 0) is 14.3 Å². The summed E-state index contributed by atoms with van der Waals surface area (Å²) in [6, 6.07) is 2.20. The number of nitrogens with one attached hydrogen (secondary N) is 1. The summed E-state index contributed by atoms with van der Waals surface area (Å²) >= 11 is 0. The lowest BCUT2D eigenvalue weighted by atomic mass is 9.98. The first-order valence-electron chi connectivity index (χ1n) is 6.89. The maximum absolute atomic E-state index is 11.9. The lowest BCUT2D eigenvalue weighted by Crippen LogP contribution is -2.49. The van der Waals surface area contributed by atoms with E-state index in [1.54, 1.807) is 6.92 Å². The molecule has 112 valence electrons. The molecular formula is C14H23N3O3. The third-order valence-electron chi connectivity index (χ3n) is 3.59. The topological polar surface area (TPSA) is 82.4 Å². The summed E-state index contributed by atoms with van der Waals surface area (Å²) in [6.07, 6.45) is 2.99. The number of rotatable bonds is 8. The number of nitriles is 1. The lowest BCUT2D eigenvalue weighted by Gasteiger charge is -2.24. The molecule has 1 saturated carbocycles. The second kappa shape index (κ2) is 7.25. The fourth-order valence-corrected chi connectivity index (χ4v) is 2.13. The molecule has 0 saturated heterocycles. The molecule has 20 heavy (non-hydrogen) atoms. The van der Waals surface area contributed by atoms with Crippen molar-refractivity contribution in [1.82, 2.24) is 10.2 Å². The van der Waals surface area contributed by atoms with Crippen molar-refractivity contribution in [2.24, 2.45) is 5.92 Å². The summed E-state index contributed by atoms with van der Waals surface area (Å²) in [5.41, 5.74) is -0.746. The van der Waals surface area contributed by atoms with E-state index in [-0.39, 0.29) is 24.3 Å². The largest absolute Gasteiger partial charge is 0.469 e. The summed E-state index contributed by atoms with van der Waals surface area (Å²) in [5.74, 6) is -0.115. The predicted molar refractivity (Wildman–Crippen MR) is 73.6 cm³/mol. The normalized spacial score (nSPS) is 17.1. The van der Waals surface area contributed by atoms with Gasteiger partial charge in [0.25, 0.3) is 0 Å². The van der Waals surface area contributed by atoms with Gasteiger partial charge in [0.15, 0.2) is 0 Å². The van der Waals surface area contributed by atoms with Crippen molar-refractivity contribution in [1.29, 1.82) is 5.26 Å². The van der Waals surface area contributed by atoms with Gasteiger partial charge >= 0.3 is 5.97 Å². The average Bonchev–Trinajstić information content (AvgIpc) is 3.22. The van der Waals surface area contributed by atoms with Gasteiger partial charge in [-0.2, -0.15) is 5.26 Å². The summed E-state index contributed by atoms with van der Waals surface area (Å²) in [4.78, 5) is 24.7. The molecule has 6 heteroatoms. The molecule has 0 aromatic carbocycles. The number of carbonyl (C=O) groups is 2. The van der Waals surface area contributed by atoms with Crippen molar-refractivity contribution in [3.05, 3.63) is 0 Å². The fourth-order valence-electron chi connectivity index (χ4n) is 2.13. The highest BCUT2D eigenvalue weighted by molar-refractivity contribution is 5.79. The van der Waals surface area contributed by atoms with Crippen LogP contribution in [0.3, 0.4) is 0 Å². The molecule has 1 N–H and O–H groups in total. The predicted octanol–water partition coefficient (Wildman–Crippen LogP) is 0.680. The van der Waals surface area contributed by atoms with Crippen molar-refractivity contribution >= 4 is 11.9 Å². The zero-order valence-corrected chi connectivity index (χ0v) is 12.4. The molecule has 0 spiro atoms. The molecule has 1 rings (SSSR count). The Morgan fingerprint density at radius 3 is 2.65 bits per heavy atom. The Bertz CT molecular complexity index is 401. The van der Waals surface area contributed by atoms with Crippen molar-refractivity contribution < 1.29 is 14.3 Å². The SMILES string of the molecule is COC(=O)CCCN(C)CC(=O)NC(C)(C#N)C1CC1. The minimum absolute atomic E-state index is 0.151. The molecule has 1 amide bonds. The molecule has 1 unspecified atom stereocenters. The van der Waals surface area contributed by atoms with Gasteiger partial charge in [-0.25, -0.2) is 0 Å². The van der Waals surface area contributed by atoms with Crippen LogP contribution in [0.2, 0.25) is 0 Å². The molecular weight excluding hydrogens is 258 g/mol. The molecule has 1 aliphatic rings. The molecule has 0 aliphatic heterocycles. The molecule has 0 radical (unpaired) electrons. The van der Waals surface area contributed by atoms with Crippen LogP contribution in [0.25, 0.3) is 0 Å². The first-order chi connectivity index (χ1) is 9.41. The quantitative estimate of drug-likeness (QED) is 0.662. The second-order valence-electron chi connectivity index (χ2n) is 5.55. The zero-order valence-electron chi connectivity index (χ0n) is 12.4. The van der Waals surface area contributed by atoms with Gasteiger partial charge in [0.05, 0.1) is 19.7 Å². The van der Waals surface area contributed by atoms with E-state index in [9.17, 15) is 14.9 Å². The van der Waals surface area contributed by atoms with Crippen LogP contribution in [0.15, 0.2) is 0 Å². The van der Waals surface area contributed by atoms with Crippen LogP contribution in [0.1, 0.15) is 32.6 Å². The monoisotopic (exact) mass is 281 g/mol. The molecule has 0 aromatic heterocycles. The Kier molecular flexibility index (Phi) is 5.96. The van der Waals surface area contributed by atoms with Crippen LogP contribution < -0.4 is 5.32 Å². The number of carbonyl (C=O) groups excluding carboxylic acids is 2. The number of hydrogen-bond acceptors (Lipinski definition) is 5. The molecule has 0 aromatic rings. The van der Waals surface area contributed by atoms with Crippen molar-refractivity contribution in [2.45, 2.75) is 38.1 Å². The van der Waals surface area contributed by atoms with Gasteiger partial charge in [0.2, 0.25) is 5.91 Å². The van der Waals surface area contributed by atoms with Crippen LogP contribution in [0.4, 0.5) is 0 Å². The number of methoxy groups -OCH3 is 1. The highest BCUT2D eigenvalue weighted by atomic mass is 16.5. The van der Waals surface area contributed by atoms with Gasteiger partial charge < -0.3 is 10.1 Å². The summed E-state index contributed by atoms with van der Waals surface area (Å²) in [5, 5.41) is 12.0. The number of amides is 1. The van der Waals surface area contributed by atoms with E-state index >= 15 is 0 Å². The van der Waals surface area contributed by atoms with Crippen molar-refractivity contribution in [3.63, 3.8) is 0 Å². The molecule has 1 aliphatic carbocycles. The maximum Gasteiger partial charge on any atom is 0.305 e. The smallest absolute Gasteiger partial charge is 0.305 e. The van der Waals surface area contributed by atoms with E-state index in [2.05, 4.69) is 16.1 Å². The van der Waals surface area contributed by atoms with Crippen LogP contribution in [0.5, 0.6) is 0 Å². The van der Waals surface area contributed by atoms with E-state index in [0.29, 0.717) is 19.4 Å². The number of ether oxygens (including phenoxy) is 1. The Labute approximate surface area is 120 Å². The number of esters is 1. The number of likely N-dealkylation sites (N-methyl/N-ethyl adjacent to an activating group) is 1. The molecule has 1 atom stereocenters. The van der Waals surface area contributed by atoms with Gasteiger partial charge in [0, 0.05) is 6.42 Å². The van der Waals surface area contributed by atoms with Gasteiger partial charge in [-0.1, -0.05) is 0 Å².